The summed E-state index contributed by atoms with van der Waals surface area (Å²) in [6, 6.07) is 10.8. The van der Waals surface area contributed by atoms with E-state index in [0.717, 1.165) is 62.2 Å². The minimum atomic E-state index is -0.181. The molecule has 1 aromatic carbocycles. The monoisotopic (exact) mass is 518 g/mol. The molecule has 2 aliphatic rings. The maximum absolute atomic E-state index is 13.3. The molecule has 7 nitrogen and oxygen atoms in total. The van der Waals surface area contributed by atoms with Crippen molar-refractivity contribution in [1.29, 1.82) is 0 Å². The van der Waals surface area contributed by atoms with Crippen LogP contribution >= 0.6 is 0 Å². The molecule has 5 rings (SSSR count). The number of H-pyrrole nitrogens is 1. The fraction of sp³-hybridized carbons (Fsp3) is 0.645. The zero-order valence-electron chi connectivity index (χ0n) is 23.9. The molecule has 7 heteroatoms. The maximum atomic E-state index is 13.3. The van der Waals surface area contributed by atoms with Gasteiger partial charge >= 0.3 is 0 Å². The molecule has 3 heterocycles. The van der Waals surface area contributed by atoms with Crippen molar-refractivity contribution in [3.05, 3.63) is 51.9 Å². The van der Waals surface area contributed by atoms with E-state index < -0.39 is 0 Å². The van der Waals surface area contributed by atoms with Crippen LogP contribution < -0.4 is 10.5 Å². The summed E-state index contributed by atoms with van der Waals surface area (Å²) < 4.78 is 1.69. The summed E-state index contributed by atoms with van der Waals surface area (Å²) in [6.45, 7) is 11.7. The molecule has 0 bridgehead atoms. The Balaban J connectivity index is 1.31. The Morgan fingerprint density at radius 2 is 1.71 bits per heavy atom. The summed E-state index contributed by atoms with van der Waals surface area (Å²) in [5.41, 5.74) is 3.35. The fourth-order valence-corrected chi connectivity index (χ4v) is 6.40. The highest BCUT2D eigenvalue weighted by Crippen LogP contribution is 2.30. The van der Waals surface area contributed by atoms with Crippen LogP contribution in [0.15, 0.2) is 35.1 Å². The van der Waals surface area contributed by atoms with Gasteiger partial charge in [-0.05, 0) is 62.6 Å². The second-order valence-corrected chi connectivity index (χ2v) is 12.8. The predicted octanol–water partition coefficient (Wildman–Crippen LogP) is 5.64. The van der Waals surface area contributed by atoms with Gasteiger partial charge in [0.25, 0.3) is 5.56 Å². The Morgan fingerprint density at radius 1 is 1.00 bits per heavy atom. The number of aromatic amines is 1. The van der Waals surface area contributed by atoms with Crippen LogP contribution in [0.1, 0.15) is 83.4 Å². The molecule has 206 valence electrons. The van der Waals surface area contributed by atoms with Crippen LogP contribution in [0, 0.1) is 11.8 Å². The zero-order valence-corrected chi connectivity index (χ0v) is 23.9. The van der Waals surface area contributed by atoms with Gasteiger partial charge in [0.1, 0.15) is 5.52 Å². The van der Waals surface area contributed by atoms with Gasteiger partial charge in [-0.25, -0.2) is 4.98 Å². The third kappa shape index (κ3) is 6.31. The quantitative estimate of drug-likeness (QED) is 0.418. The van der Waals surface area contributed by atoms with E-state index in [2.05, 4.69) is 65.9 Å². The first-order chi connectivity index (χ1) is 18.3. The number of nitrogens with zero attached hydrogens (tertiary/aromatic N) is 5. The number of piperidine rings is 1. The number of aromatic nitrogens is 4. The van der Waals surface area contributed by atoms with E-state index in [0.29, 0.717) is 11.4 Å². The average molecular weight is 519 g/mol. The fourth-order valence-electron chi connectivity index (χ4n) is 6.40. The van der Waals surface area contributed by atoms with Crippen LogP contribution in [0.4, 0.5) is 5.95 Å². The Hall–Kier alpha value is -2.67. The number of rotatable bonds is 8. The molecule has 0 amide bonds. The molecule has 0 atom stereocenters. The SMILES string of the molecule is Cn1nc(C(C)(C)C)c2nc(N(CCC3CCN(Cc4ccccc4)CC3)CC3CCCCC3)[nH]c(=O)c21. The minimum Gasteiger partial charge on any atom is -0.342 e. The molecule has 1 aliphatic heterocycles. The first-order valence-electron chi connectivity index (χ1n) is 14.8. The molecule has 1 aliphatic carbocycles. The third-order valence-electron chi connectivity index (χ3n) is 8.66. The van der Waals surface area contributed by atoms with Gasteiger partial charge in [-0.2, -0.15) is 5.10 Å². The second kappa shape index (κ2) is 11.6. The van der Waals surface area contributed by atoms with Gasteiger partial charge in [0.15, 0.2) is 5.52 Å². The molecule has 1 N–H and O–H groups in total. The van der Waals surface area contributed by atoms with Crippen molar-refractivity contribution in [2.24, 2.45) is 18.9 Å². The van der Waals surface area contributed by atoms with Crippen molar-refractivity contribution >= 4 is 17.0 Å². The van der Waals surface area contributed by atoms with Gasteiger partial charge in [0.05, 0.1) is 5.69 Å². The van der Waals surface area contributed by atoms with E-state index >= 15 is 0 Å². The van der Waals surface area contributed by atoms with Crippen LogP contribution in [0.3, 0.4) is 0 Å². The molecule has 38 heavy (non-hydrogen) atoms. The van der Waals surface area contributed by atoms with E-state index in [9.17, 15) is 4.79 Å². The molecule has 2 fully saturated rings. The minimum absolute atomic E-state index is 0.0848. The zero-order chi connectivity index (χ0) is 26.7. The second-order valence-electron chi connectivity index (χ2n) is 12.8. The lowest BCUT2D eigenvalue weighted by molar-refractivity contribution is 0.172. The van der Waals surface area contributed by atoms with E-state index in [-0.39, 0.29) is 11.0 Å². The number of nitrogens with one attached hydrogen (secondary N) is 1. The number of aryl methyl sites for hydroxylation is 1. The topological polar surface area (TPSA) is 70.1 Å². The first-order valence-corrected chi connectivity index (χ1v) is 14.8. The maximum Gasteiger partial charge on any atom is 0.278 e. The summed E-state index contributed by atoms with van der Waals surface area (Å²) >= 11 is 0. The highest BCUT2D eigenvalue weighted by Gasteiger charge is 2.27. The van der Waals surface area contributed by atoms with Gasteiger partial charge in [-0.1, -0.05) is 70.4 Å². The first kappa shape index (κ1) is 26.9. The van der Waals surface area contributed by atoms with Crippen molar-refractivity contribution in [1.82, 2.24) is 24.6 Å². The summed E-state index contributed by atoms with van der Waals surface area (Å²) in [7, 11) is 1.85. The number of hydrogen-bond donors (Lipinski definition) is 1. The van der Waals surface area contributed by atoms with Crippen molar-refractivity contribution in [2.45, 2.75) is 84.1 Å². The van der Waals surface area contributed by atoms with E-state index in [1.807, 2.05) is 7.05 Å². The number of hydrogen-bond acceptors (Lipinski definition) is 5. The van der Waals surface area contributed by atoms with Crippen LogP contribution in [-0.2, 0) is 19.0 Å². The molecule has 3 aromatic rings. The van der Waals surface area contributed by atoms with Crippen molar-refractivity contribution in [2.75, 3.05) is 31.1 Å². The smallest absolute Gasteiger partial charge is 0.278 e. The molecule has 1 saturated heterocycles. The van der Waals surface area contributed by atoms with Crippen molar-refractivity contribution in [3.8, 4) is 0 Å². The lowest BCUT2D eigenvalue weighted by atomic mass is 9.88. The van der Waals surface area contributed by atoms with Crippen LogP contribution in [0.2, 0.25) is 0 Å². The molecule has 1 saturated carbocycles. The largest absolute Gasteiger partial charge is 0.342 e. The van der Waals surface area contributed by atoms with E-state index in [1.54, 1.807) is 4.68 Å². The molecule has 0 radical (unpaired) electrons. The lowest BCUT2D eigenvalue weighted by Crippen LogP contribution is -2.37. The molecular formula is C31H46N6O. The summed E-state index contributed by atoms with van der Waals surface area (Å²) in [4.78, 5) is 26.5. The molecule has 0 unspecified atom stereocenters. The van der Waals surface area contributed by atoms with Crippen molar-refractivity contribution in [3.63, 3.8) is 0 Å². The van der Waals surface area contributed by atoms with Gasteiger partial charge in [-0.15, -0.1) is 0 Å². The van der Waals surface area contributed by atoms with E-state index in [4.69, 9.17) is 10.1 Å². The summed E-state index contributed by atoms with van der Waals surface area (Å²) in [6.07, 6.45) is 10.2. The molecular weight excluding hydrogens is 472 g/mol. The van der Waals surface area contributed by atoms with Gasteiger partial charge < -0.3 is 4.90 Å². The number of anilines is 1. The Bertz CT molecular complexity index is 1240. The average Bonchev–Trinajstić information content (AvgIpc) is 3.26. The van der Waals surface area contributed by atoms with Crippen molar-refractivity contribution < 1.29 is 0 Å². The predicted molar refractivity (Wildman–Crippen MR) is 156 cm³/mol. The van der Waals surface area contributed by atoms with Crippen LogP contribution in [0.5, 0.6) is 0 Å². The number of benzene rings is 1. The standard InChI is InChI=1S/C31H46N6O/c1-31(2,3)28-26-27(35(4)34-28)29(38)33-30(32-26)37(22-25-13-9-6-10-14-25)20-17-23-15-18-36(19-16-23)21-24-11-7-5-8-12-24/h5,7-8,11-12,23,25H,6,9-10,13-22H2,1-4H3,(H,32,33,38). The van der Waals surface area contributed by atoms with Gasteiger partial charge in [-0.3, -0.25) is 19.4 Å². The molecule has 0 spiro atoms. The third-order valence-corrected chi connectivity index (χ3v) is 8.66. The lowest BCUT2D eigenvalue weighted by Gasteiger charge is -2.34. The molecule has 2 aromatic heterocycles. The number of likely N-dealkylation sites (tertiary alicyclic amines) is 1. The Labute approximate surface area is 227 Å². The van der Waals surface area contributed by atoms with E-state index in [1.165, 1.54) is 50.5 Å². The highest BCUT2D eigenvalue weighted by molar-refractivity contribution is 5.78. The van der Waals surface area contributed by atoms with Gasteiger partial charge in [0, 0.05) is 32.1 Å². The Kier molecular flexibility index (Phi) is 8.22. The van der Waals surface area contributed by atoms with Crippen LogP contribution in [-0.4, -0.2) is 50.8 Å². The summed E-state index contributed by atoms with van der Waals surface area (Å²) in [5.74, 6) is 2.12. The van der Waals surface area contributed by atoms with Crippen LogP contribution in [0.25, 0.3) is 11.0 Å². The summed E-state index contributed by atoms with van der Waals surface area (Å²) in [5, 5.41) is 4.71. The van der Waals surface area contributed by atoms with Gasteiger partial charge in [0.2, 0.25) is 5.95 Å². The number of fused-ring (bicyclic) bond motifs is 1. The highest BCUT2D eigenvalue weighted by atomic mass is 16.1. The Morgan fingerprint density at radius 3 is 2.39 bits per heavy atom. The normalized spacial score (nSPS) is 18.3.